The molecule has 0 unspecified atom stereocenters. The molecule has 0 aromatic heterocycles. The van der Waals surface area contributed by atoms with Crippen molar-refractivity contribution in [1.82, 2.24) is 0 Å². The Morgan fingerprint density at radius 2 is 1.70 bits per heavy atom. The van der Waals surface area contributed by atoms with Gasteiger partial charge in [-0.15, -0.1) is 0 Å². The third-order valence-corrected chi connectivity index (χ3v) is 4.80. The van der Waals surface area contributed by atoms with Gasteiger partial charge in [-0.05, 0) is 48.9 Å². The Bertz CT molecular complexity index is 1140. The van der Waals surface area contributed by atoms with Gasteiger partial charge in [0.2, 0.25) is 0 Å². The molecule has 0 saturated carbocycles. The van der Waals surface area contributed by atoms with Gasteiger partial charge in [0, 0.05) is 23.3 Å². The molecule has 3 rings (SSSR count). The number of nitro benzene ring substituents is 1. The predicted octanol–water partition coefficient (Wildman–Crippen LogP) is 6.71. The number of hydrogen-bond donors (Lipinski definition) is 0. The maximum absolute atomic E-state index is 13.9. The zero-order valence-corrected chi connectivity index (χ0v) is 17.3. The van der Waals surface area contributed by atoms with Crippen molar-refractivity contribution in [2.75, 3.05) is 7.11 Å². The van der Waals surface area contributed by atoms with Gasteiger partial charge in [-0.3, -0.25) is 14.9 Å². The SMILES string of the molecule is COc1ccc(Oc2c(Cl)cc([N+](=O)[O-])cc2Cl)cc1-c1cc(F)ccc1C(C)=O. The van der Waals surface area contributed by atoms with Crippen LogP contribution in [0.5, 0.6) is 17.2 Å². The fraction of sp³-hybridized carbons (Fsp3) is 0.0952. The number of methoxy groups -OCH3 is 1. The summed E-state index contributed by atoms with van der Waals surface area (Å²) >= 11 is 12.2. The van der Waals surface area contributed by atoms with Crippen molar-refractivity contribution in [3.05, 3.63) is 80.1 Å². The van der Waals surface area contributed by atoms with Crippen molar-refractivity contribution < 1.29 is 23.6 Å². The molecule has 0 atom stereocenters. The number of carbonyl (C=O) groups excluding carboxylic acids is 1. The summed E-state index contributed by atoms with van der Waals surface area (Å²) in [7, 11) is 1.44. The Balaban J connectivity index is 2.11. The molecule has 0 heterocycles. The molecule has 0 aliphatic heterocycles. The number of non-ortho nitro benzene ring substituents is 1. The van der Waals surface area contributed by atoms with Crippen LogP contribution in [-0.4, -0.2) is 17.8 Å². The maximum atomic E-state index is 13.9. The Kier molecular flexibility index (Phi) is 6.24. The molecule has 0 fully saturated rings. The first-order valence-corrected chi connectivity index (χ1v) is 9.27. The van der Waals surface area contributed by atoms with E-state index in [1.807, 2.05) is 0 Å². The van der Waals surface area contributed by atoms with Gasteiger partial charge in [-0.1, -0.05) is 23.2 Å². The summed E-state index contributed by atoms with van der Waals surface area (Å²) in [5, 5.41) is 10.8. The van der Waals surface area contributed by atoms with E-state index < -0.39 is 10.7 Å². The number of nitro groups is 1. The van der Waals surface area contributed by atoms with Crippen LogP contribution in [0.4, 0.5) is 10.1 Å². The highest BCUT2D eigenvalue weighted by atomic mass is 35.5. The quantitative estimate of drug-likeness (QED) is 0.237. The van der Waals surface area contributed by atoms with Crippen molar-refractivity contribution >= 4 is 34.7 Å². The lowest BCUT2D eigenvalue weighted by molar-refractivity contribution is -0.384. The van der Waals surface area contributed by atoms with Crippen LogP contribution in [0, 0.1) is 15.9 Å². The second-order valence-corrected chi connectivity index (χ2v) is 7.02. The number of carbonyl (C=O) groups is 1. The Labute approximate surface area is 180 Å². The third kappa shape index (κ3) is 4.37. The van der Waals surface area contributed by atoms with E-state index in [1.54, 1.807) is 12.1 Å². The highest BCUT2D eigenvalue weighted by Gasteiger charge is 2.19. The number of benzene rings is 3. The average molecular weight is 450 g/mol. The largest absolute Gasteiger partial charge is 0.496 e. The zero-order valence-electron chi connectivity index (χ0n) is 15.7. The molecule has 9 heteroatoms. The van der Waals surface area contributed by atoms with E-state index in [9.17, 15) is 19.3 Å². The van der Waals surface area contributed by atoms with Crippen LogP contribution in [0.1, 0.15) is 17.3 Å². The van der Waals surface area contributed by atoms with Gasteiger partial charge in [0.15, 0.2) is 11.5 Å². The minimum absolute atomic E-state index is 0.0195. The van der Waals surface area contributed by atoms with E-state index in [4.69, 9.17) is 32.7 Å². The van der Waals surface area contributed by atoms with Gasteiger partial charge in [0.05, 0.1) is 22.1 Å². The minimum Gasteiger partial charge on any atom is -0.496 e. The number of rotatable bonds is 6. The highest BCUT2D eigenvalue weighted by Crippen LogP contribution is 2.42. The number of ketones is 1. The van der Waals surface area contributed by atoms with Gasteiger partial charge in [-0.25, -0.2) is 4.39 Å². The topological polar surface area (TPSA) is 78.7 Å². The first-order valence-electron chi connectivity index (χ1n) is 8.51. The molecule has 154 valence electrons. The van der Waals surface area contributed by atoms with E-state index in [0.29, 0.717) is 22.4 Å². The predicted molar refractivity (Wildman–Crippen MR) is 112 cm³/mol. The number of hydrogen-bond acceptors (Lipinski definition) is 5. The van der Waals surface area contributed by atoms with E-state index in [-0.39, 0.29) is 33.0 Å². The average Bonchev–Trinajstić information content (AvgIpc) is 2.70. The first kappa shape index (κ1) is 21.5. The highest BCUT2D eigenvalue weighted by molar-refractivity contribution is 6.37. The van der Waals surface area contributed by atoms with Crippen molar-refractivity contribution in [2.24, 2.45) is 0 Å². The van der Waals surface area contributed by atoms with Gasteiger partial charge in [0.25, 0.3) is 5.69 Å². The Morgan fingerprint density at radius 3 is 2.27 bits per heavy atom. The fourth-order valence-corrected chi connectivity index (χ4v) is 3.43. The third-order valence-electron chi connectivity index (χ3n) is 4.24. The summed E-state index contributed by atoms with van der Waals surface area (Å²) in [4.78, 5) is 22.3. The Morgan fingerprint density at radius 1 is 1.03 bits per heavy atom. The molecule has 30 heavy (non-hydrogen) atoms. The van der Waals surface area contributed by atoms with Gasteiger partial charge in [0.1, 0.15) is 17.3 Å². The molecule has 3 aromatic carbocycles. The smallest absolute Gasteiger partial charge is 0.272 e. The molecular formula is C21H14Cl2FNO5. The summed E-state index contributed by atoms with van der Waals surface area (Å²) in [5.74, 6) is -0.116. The summed E-state index contributed by atoms with van der Waals surface area (Å²) in [5.41, 5.74) is 0.761. The molecule has 0 N–H and O–H groups in total. The van der Waals surface area contributed by atoms with Gasteiger partial charge >= 0.3 is 0 Å². The van der Waals surface area contributed by atoms with Gasteiger partial charge in [-0.2, -0.15) is 0 Å². The number of halogens is 3. The van der Waals surface area contributed by atoms with Crippen LogP contribution in [0.3, 0.4) is 0 Å². The summed E-state index contributed by atoms with van der Waals surface area (Å²) in [6.45, 7) is 1.37. The standard InChI is InChI=1S/C21H14Cl2FNO5/c1-11(26)15-5-3-12(24)7-16(15)17-10-14(4-6-20(17)29-2)30-21-18(22)8-13(25(27)28)9-19(21)23/h3-10H,1-2H3. The fourth-order valence-electron chi connectivity index (χ4n) is 2.87. The second kappa shape index (κ2) is 8.69. The van der Waals surface area contributed by atoms with E-state index in [2.05, 4.69) is 0 Å². The van der Waals surface area contributed by atoms with Crippen molar-refractivity contribution in [3.8, 4) is 28.4 Å². The minimum atomic E-state index is -0.625. The molecule has 0 bridgehead atoms. The van der Waals surface area contributed by atoms with Crippen molar-refractivity contribution in [1.29, 1.82) is 0 Å². The molecule has 0 spiro atoms. The lowest BCUT2D eigenvalue weighted by atomic mass is 9.96. The molecule has 0 radical (unpaired) electrons. The van der Waals surface area contributed by atoms with Crippen LogP contribution in [0.15, 0.2) is 48.5 Å². The second-order valence-electron chi connectivity index (χ2n) is 6.21. The van der Waals surface area contributed by atoms with Crippen molar-refractivity contribution in [3.63, 3.8) is 0 Å². The molecule has 0 amide bonds. The van der Waals surface area contributed by atoms with E-state index in [0.717, 1.165) is 12.1 Å². The lowest BCUT2D eigenvalue weighted by Crippen LogP contribution is -1.99. The first-order chi connectivity index (χ1) is 14.2. The number of Topliss-reactive ketones (excluding diaryl/α,β-unsaturated/α-hetero) is 1. The molecule has 6 nitrogen and oxygen atoms in total. The van der Waals surface area contributed by atoms with Crippen LogP contribution in [0.2, 0.25) is 10.0 Å². The monoisotopic (exact) mass is 449 g/mol. The van der Waals surface area contributed by atoms with E-state index >= 15 is 0 Å². The van der Waals surface area contributed by atoms with Crippen LogP contribution in [-0.2, 0) is 0 Å². The van der Waals surface area contributed by atoms with Gasteiger partial charge < -0.3 is 9.47 Å². The van der Waals surface area contributed by atoms with Crippen LogP contribution >= 0.6 is 23.2 Å². The summed E-state index contributed by atoms with van der Waals surface area (Å²) in [6, 6.07) is 10.7. The Hall–Kier alpha value is -3.16. The molecular weight excluding hydrogens is 436 g/mol. The zero-order chi connectivity index (χ0) is 22.0. The van der Waals surface area contributed by atoms with E-state index in [1.165, 1.54) is 38.3 Å². The summed E-state index contributed by atoms with van der Waals surface area (Å²) < 4.78 is 25.0. The maximum Gasteiger partial charge on any atom is 0.272 e. The molecule has 0 saturated heterocycles. The van der Waals surface area contributed by atoms with Crippen LogP contribution in [0.25, 0.3) is 11.1 Å². The lowest BCUT2D eigenvalue weighted by Gasteiger charge is -2.15. The molecule has 0 aliphatic carbocycles. The number of nitrogens with zero attached hydrogens (tertiary/aromatic N) is 1. The van der Waals surface area contributed by atoms with Crippen LogP contribution < -0.4 is 9.47 Å². The molecule has 3 aromatic rings. The number of ether oxygens (including phenoxy) is 2. The molecule has 0 aliphatic rings. The normalized spacial score (nSPS) is 10.6. The summed E-state index contributed by atoms with van der Waals surface area (Å²) in [6.07, 6.45) is 0. The van der Waals surface area contributed by atoms with Crippen molar-refractivity contribution in [2.45, 2.75) is 6.92 Å².